The van der Waals surface area contributed by atoms with Gasteiger partial charge in [0.05, 0.1) is 10.5 Å². The summed E-state index contributed by atoms with van der Waals surface area (Å²) in [5.74, 6) is -0.663. The van der Waals surface area contributed by atoms with Crippen molar-refractivity contribution < 1.29 is 9.72 Å². The minimum absolute atomic E-state index is 0.0892. The Balaban J connectivity index is 2.31. The van der Waals surface area contributed by atoms with Crippen LogP contribution in [0.1, 0.15) is 15.9 Å². The minimum atomic E-state index is -0.663. The summed E-state index contributed by atoms with van der Waals surface area (Å²) in [6, 6.07) is 10.9. The zero-order valence-electron chi connectivity index (χ0n) is 10.8. The number of amides is 1. The molecule has 1 heterocycles. The van der Waals surface area contributed by atoms with E-state index in [0.717, 1.165) is 16.9 Å². The van der Waals surface area contributed by atoms with E-state index in [1.54, 1.807) is 11.9 Å². The Kier molecular flexibility index (Phi) is 3.99. The number of nitro groups is 1. The predicted molar refractivity (Wildman–Crippen MR) is 78.0 cm³/mol. The first-order chi connectivity index (χ1) is 9.49. The number of benzene rings is 1. The van der Waals surface area contributed by atoms with E-state index < -0.39 is 10.8 Å². The number of anilines is 1. The summed E-state index contributed by atoms with van der Waals surface area (Å²) >= 11 is 0.949. The lowest BCUT2D eigenvalue weighted by Gasteiger charge is -2.18. The van der Waals surface area contributed by atoms with Gasteiger partial charge in [0, 0.05) is 19.7 Å². The van der Waals surface area contributed by atoms with Crippen molar-refractivity contribution in [3.63, 3.8) is 0 Å². The molecule has 0 aliphatic rings. The molecular formula is C13H13N3O3S. The van der Waals surface area contributed by atoms with Gasteiger partial charge in [-0.3, -0.25) is 14.9 Å². The van der Waals surface area contributed by atoms with Crippen molar-refractivity contribution in [1.29, 1.82) is 0 Å². The van der Waals surface area contributed by atoms with E-state index in [-0.39, 0.29) is 10.6 Å². The number of carbonyl (C=O) groups excluding carboxylic acids is 1. The van der Waals surface area contributed by atoms with Gasteiger partial charge >= 0.3 is 5.00 Å². The number of primary amides is 1. The molecule has 2 rings (SSSR count). The Morgan fingerprint density at radius 3 is 2.60 bits per heavy atom. The molecule has 1 aromatic carbocycles. The molecule has 1 amide bonds. The van der Waals surface area contributed by atoms with Crippen molar-refractivity contribution in [3.8, 4) is 0 Å². The smallest absolute Gasteiger partial charge is 0.326 e. The number of hydrogen-bond donors (Lipinski definition) is 1. The van der Waals surface area contributed by atoms with Gasteiger partial charge in [-0.1, -0.05) is 30.3 Å². The number of hydrogen-bond acceptors (Lipinski definition) is 5. The van der Waals surface area contributed by atoms with E-state index in [2.05, 4.69) is 0 Å². The molecule has 0 unspecified atom stereocenters. The maximum atomic E-state index is 11.4. The van der Waals surface area contributed by atoms with Crippen molar-refractivity contribution in [2.24, 2.45) is 5.73 Å². The fourth-order valence-corrected chi connectivity index (χ4v) is 2.79. The van der Waals surface area contributed by atoms with Gasteiger partial charge in [-0.25, -0.2) is 0 Å². The molecule has 104 valence electrons. The van der Waals surface area contributed by atoms with Crippen LogP contribution in [0, 0.1) is 10.1 Å². The van der Waals surface area contributed by atoms with Gasteiger partial charge in [0.1, 0.15) is 5.00 Å². The normalized spacial score (nSPS) is 10.2. The van der Waals surface area contributed by atoms with Crippen LogP contribution in [0.3, 0.4) is 0 Å². The van der Waals surface area contributed by atoms with Crippen LogP contribution in [-0.2, 0) is 6.54 Å². The number of thiophene rings is 1. The summed E-state index contributed by atoms with van der Waals surface area (Å²) in [7, 11) is 1.77. The van der Waals surface area contributed by atoms with Crippen molar-refractivity contribution in [1.82, 2.24) is 0 Å². The highest BCUT2D eigenvalue weighted by Crippen LogP contribution is 2.36. The summed E-state index contributed by atoms with van der Waals surface area (Å²) in [5, 5.41) is 11.2. The van der Waals surface area contributed by atoms with Crippen LogP contribution in [0.2, 0.25) is 0 Å². The first kappa shape index (κ1) is 14.0. The number of carbonyl (C=O) groups is 1. The largest absolute Gasteiger partial charge is 0.366 e. The quantitative estimate of drug-likeness (QED) is 0.676. The topological polar surface area (TPSA) is 89.5 Å². The molecule has 20 heavy (non-hydrogen) atoms. The number of nitrogens with zero attached hydrogens (tertiary/aromatic N) is 2. The summed E-state index contributed by atoms with van der Waals surface area (Å²) in [6.45, 7) is 0.540. The second-order valence-corrected chi connectivity index (χ2v) is 5.28. The Hall–Kier alpha value is -2.41. The zero-order chi connectivity index (χ0) is 14.7. The van der Waals surface area contributed by atoms with Gasteiger partial charge in [-0.2, -0.15) is 0 Å². The van der Waals surface area contributed by atoms with Crippen molar-refractivity contribution in [2.75, 3.05) is 11.9 Å². The van der Waals surface area contributed by atoms with Crippen LogP contribution in [0.15, 0.2) is 36.4 Å². The van der Waals surface area contributed by atoms with E-state index in [0.29, 0.717) is 11.5 Å². The van der Waals surface area contributed by atoms with Crippen LogP contribution in [0.25, 0.3) is 0 Å². The molecule has 0 spiro atoms. The van der Waals surface area contributed by atoms with Crippen LogP contribution in [0.5, 0.6) is 0 Å². The summed E-state index contributed by atoms with van der Waals surface area (Å²) in [5.41, 5.74) is 6.50. The van der Waals surface area contributed by atoms with Crippen molar-refractivity contribution in [3.05, 3.63) is 57.6 Å². The third-order valence-corrected chi connectivity index (χ3v) is 3.96. The molecule has 0 fully saturated rings. The molecule has 0 saturated heterocycles. The van der Waals surface area contributed by atoms with E-state index in [1.165, 1.54) is 6.07 Å². The Morgan fingerprint density at radius 2 is 2.05 bits per heavy atom. The van der Waals surface area contributed by atoms with Crippen LogP contribution >= 0.6 is 11.3 Å². The Bertz CT molecular complexity index is 640. The van der Waals surface area contributed by atoms with E-state index in [1.807, 2.05) is 30.3 Å². The van der Waals surface area contributed by atoms with Gasteiger partial charge < -0.3 is 10.6 Å². The molecule has 2 N–H and O–H groups in total. The van der Waals surface area contributed by atoms with Crippen molar-refractivity contribution >= 4 is 27.2 Å². The molecule has 0 atom stereocenters. The zero-order valence-corrected chi connectivity index (χ0v) is 11.6. The molecule has 0 bridgehead atoms. The monoisotopic (exact) mass is 291 g/mol. The van der Waals surface area contributed by atoms with Crippen LogP contribution in [0.4, 0.5) is 10.0 Å². The maximum absolute atomic E-state index is 11.4. The second-order valence-electron chi connectivity index (χ2n) is 4.27. The average molecular weight is 291 g/mol. The van der Waals surface area contributed by atoms with Crippen LogP contribution in [-0.4, -0.2) is 17.9 Å². The molecular weight excluding hydrogens is 278 g/mol. The second kappa shape index (κ2) is 5.70. The average Bonchev–Trinajstić information content (AvgIpc) is 2.85. The summed E-state index contributed by atoms with van der Waals surface area (Å²) < 4.78 is 0. The molecule has 0 aliphatic heterocycles. The van der Waals surface area contributed by atoms with Gasteiger partial charge in [-0.15, -0.1) is 0 Å². The van der Waals surface area contributed by atoms with Gasteiger partial charge in [-0.05, 0) is 16.9 Å². The predicted octanol–water partition coefficient (Wildman–Crippen LogP) is 2.39. The Morgan fingerprint density at radius 1 is 1.40 bits per heavy atom. The van der Waals surface area contributed by atoms with E-state index >= 15 is 0 Å². The van der Waals surface area contributed by atoms with E-state index in [9.17, 15) is 14.9 Å². The SMILES string of the molecule is CN(Cc1ccccc1)c1sc([N+](=O)[O-])cc1C(N)=O. The van der Waals surface area contributed by atoms with Crippen LogP contribution < -0.4 is 10.6 Å². The van der Waals surface area contributed by atoms with E-state index in [4.69, 9.17) is 5.73 Å². The third kappa shape index (κ3) is 2.94. The van der Waals surface area contributed by atoms with Gasteiger partial charge in [0.2, 0.25) is 0 Å². The van der Waals surface area contributed by atoms with Gasteiger partial charge in [0.15, 0.2) is 0 Å². The first-order valence-corrected chi connectivity index (χ1v) is 6.63. The molecule has 1 aromatic heterocycles. The molecule has 0 saturated carbocycles. The molecule has 2 aromatic rings. The molecule has 0 radical (unpaired) electrons. The first-order valence-electron chi connectivity index (χ1n) is 5.82. The van der Waals surface area contributed by atoms with Gasteiger partial charge in [0.25, 0.3) is 5.91 Å². The fraction of sp³-hybridized carbons (Fsp3) is 0.154. The lowest BCUT2D eigenvalue weighted by atomic mass is 10.2. The summed E-state index contributed by atoms with van der Waals surface area (Å²) in [4.78, 5) is 23.5. The molecule has 7 heteroatoms. The third-order valence-electron chi connectivity index (χ3n) is 2.75. The van der Waals surface area contributed by atoms with Crippen molar-refractivity contribution in [2.45, 2.75) is 6.54 Å². The highest BCUT2D eigenvalue weighted by molar-refractivity contribution is 7.19. The Labute approximate surface area is 119 Å². The molecule has 0 aliphatic carbocycles. The fourth-order valence-electron chi connectivity index (χ4n) is 1.85. The molecule has 6 nitrogen and oxygen atoms in total. The lowest BCUT2D eigenvalue weighted by Crippen LogP contribution is -2.20. The lowest BCUT2D eigenvalue weighted by molar-refractivity contribution is -0.380. The highest BCUT2D eigenvalue weighted by Gasteiger charge is 2.22. The minimum Gasteiger partial charge on any atom is -0.366 e. The highest BCUT2D eigenvalue weighted by atomic mass is 32.1. The summed E-state index contributed by atoms with van der Waals surface area (Å²) in [6.07, 6.45) is 0. The standard InChI is InChI=1S/C13H13N3O3S/c1-15(8-9-5-3-2-4-6-9)13-10(12(14)17)7-11(20-13)16(18)19/h2-7H,8H2,1H3,(H2,14,17). The maximum Gasteiger partial charge on any atom is 0.326 e. The number of nitrogens with two attached hydrogens (primary N) is 1. The number of rotatable bonds is 5.